The molecule has 0 saturated heterocycles. The Morgan fingerprint density at radius 2 is 2.14 bits per heavy atom. The summed E-state index contributed by atoms with van der Waals surface area (Å²) in [5.74, 6) is 0.0213. The van der Waals surface area contributed by atoms with E-state index in [0.29, 0.717) is 5.69 Å². The fourth-order valence-corrected chi connectivity index (χ4v) is 2.01. The largest absolute Gasteiger partial charge is 0.409 e. The van der Waals surface area contributed by atoms with Gasteiger partial charge >= 0.3 is 0 Å². The van der Waals surface area contributed by atoms with E-state index in [-0.39, 0.29) is 5.84 Å². The van der Waals surface area contributed by atoms with Crippen LogP contribution in [0.15, 0.2) is 47.9 Å². The van der Waals surface area contributed by atoms with E-state index in [2.05, 4.69) is 20.0 Å². The second kappa shape index (κ2) is 7.35. The zero-order chi connectivity index (χ0) is 15.1. The minimum absolute atomic E-state index is 0.0213. The van der Waals surface area contributed by atoms with Crippen molar-refractivity contribution in [3.63, 3.8) is 0 Å². The first-order chi connectivity index (χ1) is 10.2. The van der Waals surface area contributed by atoms with Crippen molar-refractivity contribution in [1.82, 2.24) is 14.9 Å². The lowest BCUT2D eigenvalue weighted by Gasteiger charge is -2.16. The van der Waals surface area contributed by atoms with Crippen molar-refractivity contribution in [3.8, 4) is 0 Å². The van der Waals surface area contributed by atoms with Gasteiger partial charge in [-0.2, -0.15) is 0 Å². The van der Waals surface area contributed by atoms with Crippen LogP contribution in [0.1, 0.15) is 17.0 Å². The van der Waals surface area contributed by atoms with Gasteiger partial charge in [0, 0.05) is 37.6 Å². The van der Waals surface area contributed by atoms with Crippen LogP contribution in [-0.4, -0.2) is 39.5 Å². The van der Waals surface area contributed by atoms with Gasteiger partial charge in [0.2, 0.25) is 0 Å². The minimum atomic E-state index is 0.0213. The average Bonchev–Trinajstić information content (AvgIpc) is 2.53. The Kier molecular flexibility index (Phi) is 5.22. The second-order valence-corrected chi connectivity index (χ2v) is 4.84. The molecule has 110 valence electrons. The van der Waals surface area contributed by atoms with Gasteiger partial charge in [-0.3, -0.25) is 9.97 Å². The van der Waals surface area contributed by atoms with Crippen molar-refractivity contribution < 1.29 is 5.21 Å². The van der Waals surface area contributed by atoms with Gasteiger partial charge in [0.1, 0.15) is 5.69 Å². The molecular weight excluding hydrogens is 266 g/mol. The Morgan fingerprint density at radius 3 is 2.86 bits per heavy atom. The predicted molar refractivity (Wildman–Crippen MR) is 81.0 cm³/mol. The maximum Gasteiger partial charge on any atom is 0.188 e. The first-order valence-electron chi connectivity index (χ1n) is 6.70. The molecule has 0 amide bonds. The molecule has 6 nitrogen and oxygen atoms in total. The van der Waals surface area contributed by atoms with E-state index in [9.17, 15) is 0 Å². The van der Waals surface area contributed by atoms with Crippen LogP contribution in [0.2, 0.25) is 0 Å². The Labute approximate surface area is 123 Å². The molecule has 6 heteroatoms. The molecule has 2 rings (SSSR count). The summed E-state index contributed by atoms with van der Waals surface area (Å²) < 4.78 is 0. The molecular formula is C15H19N5O. The van der Waals surface area contributed by atoms with E-state index in [0.717, 1.165) is 30.8 Å². The molecule has 2 heterocycles. The summed E-state index contributed by atoms with van der Waals surface area (Å²) >= 11 is 0. The molecule has 0 aromatic carbocycles. The van der Waals surface area contributed by atoms with E-state index in [1.54, 1.807) is 6.20 Å². The molecule has 3 N–H and O–H groups in total. The lowest BCUT2D eigenvalue weighted by Crippen LogP contribution is -2.22. The third kappa shape index (κ3) is 4.54. The van der Waals surface area contributed by atoms with Crippen molar-refractivity contribution in [2.75, 3.05) is 13.6 Å². The van der Waals surface area contributed by atoms with Gasteiger partial charge in [-0.15, -0.1) is 0 Å². The highest BCUT2D eigenvalue weighted by molar-refractivity contribution is 5.95. The van der Waals surface area contributed by atoms with Crippen molar-refractivity contribution in [2.45, 2.75) is 13.0 Å². The number of nitrogens with two attached hydrogens (primary N) is 1. The van der Waals surface area contributed by atoms with Crippen molar-refractivity contribution in [1.29, 1.82) is 0 Å². The number of rotatable bonds is 6. The molecule has 0 aliphatic rings. The first kappa shape index (κ1) is 14.9. The van der Waals surface area contributed by atoms with E-state index in [1.807, 2.05) is 43.6 Å². The van der Waals surface area contributed by atoms with E-state index in [1.165, 1.54) is 0 Å². The van der Waals surface area contributed by atoms with Crippen LogP contribution >= 0.6 is 0 Å². The third-order valence-electron chi connectivity index (χ3n) is 3.12. The van der Waals surface area contributed by atoms with Gasteiger partial charge in [0.25, 0.3) is 0 Å². The minimum Gasteiger partial charge on any atom is -0.409 e. The summed E-state index contributed by atoms with van der Waals surface area (Å²) in [5.41, 5.74) is 8.17. The summed E-state index contributed by atoms with van der Waals surface area (Å²) in [7, 11) is 2.05. The topological polar surface area (TPSA) is 87.6 Å². The second-order valence-electron chi connectivity index (χ2n) is 4.84. The Morgan fingerprint density at radius 1 is 1.29 bits per heavy atom. The lowest BCUT2D eigenvalue weighted by molar-refractivity contribution is 0.318. The number of nitrogens with zero attached hydrogens (tertiary/aromatic N) is 4. The summed E-state index contributed by atoms with van der Waals surface area (Å²) in [6.45, 7) is 1.67. The van der Waals surface area contributed by atoms with Crippen LogP contribution in [0.25, 0.3) is 0 Å². The Bertz CT molecular complexity index is 600. The van der Waals surface area contributed by atoms with E-state index >= 15 is 0 Å². The van der Waals surface area contributed by atoms with Gasteiger partial charge < -0.3 is 15.8 Å². The van der Waals surface area contributed by atoms with E-state index in [4.69, 9.17) is 10.9 Å². The van der Waals surface area contributed by atoms with Gasteiger partial charge in [0.15, 0.2) is 5.84 Å². The van der Waals surface area contributed by atoms with E-state index < -0.39 is 0 Å². The molecule has 0 radical (unpaired) electrons. The maximum atomic E-state index is 8.68. The van der Waals surface area contributed by atoms with Crippen molar-refractivity contribution in [3.05, 3.63) is 59.7 Å². The smallest absolute Gasteiger partial charge is 0.188 e. The number of hydrogen-bond acceptors (Lipinski definition) is 5. The number of pyridine rings is 2. The van der Waals surface area contributed by atoms with Crippen LogP contribution in [0.3, 0.4) is 0 Å². The normalized spacial score (nSPS) is 11.8. The number of aromatic nitrogens is 2. The molecule has 0 atom stereocenters. The van der Waals surface area contributed by atoms with Crippen LogP contribution in [0, 0.1) is 0 Å². The molecule has 0 aliphatic carbocycles. The van der Waals surface area contributed by atoms with Gasteiger partial charge in [-0.25, -0.2) is 0 Å². The highest BCUT2D eigenvalue weighted by atomic mass is 16.4. The van der Waals surface area contributed by atoms with Crippen LogP contribution in [-0.2, 0) is 13.0 Å². The molecule has 2 aromatic rings. The van der Waals surface area contributed by atoms with Gasteiger partial charge in [-0.1, -0.05) is 11.2 Å². The fraction of sp³-hybridized carbons (Fsp3) is 0.267. The molecule has 0 aliphatic heterocycles. The number of oxime groups is 1. The summed E-state index contributed by atoms with van der Waals surface area (Å²) in [6.07, 6.45) is 4.37. The van der Waals surface area contributed by atoms with Crippen LogP contribution < -0.4 is 5.73 Å². The van der Waals surface area contributed by atoms with Gasteiger partial charge in [-0.05, 0) is 36.9 Å². The molecule has 0 spiro atoms. The molecule has 0 bridgehead atoms. The number of amidine groups is 1. The van der Waals surface area contributed by atoms with Crippen LogP contribution in [0.4, 0.5) is 0 Å². The van der Waals surface area contributed by atoms with Crippen molar-refractivity contribution >= 4 is 5.84 Å². The summed E-state index contributed by atoms with van der Waals surface area (Å²) in [6, 6.07) is 9.68. The molecule has 0 fully saturated rings. The highest BCUT2D eigenvalue weighted by Crippen LogP contribution is 2.06. The zero-order valence-corrected chi connectivity index (χ0v) is 12.0. The number of hydrogen-bond donors (Lipinski definition) is 2. The summed E-state index contributed by atoms with van der Waals surface area (Å²) in [4.78, 5) is 10.6. The van der Waals surface area contributed by atoms with Gasteiger partial charge in [0.05, 0.1) is 0 Å². The third-order valence-corrected chi connectivity index (χ3v) is 3.12. The standard InChI is InChI=1S/C15H19N5O/c1-20(9-6-13-4-2-3-7-17-13)11-12-5-8-18-14(10-12)15(16)19-21/h2-5,7-8,10,21H,6,9,11H2,1H3,(H2,16,19). The maximum absolute atomic E-state index is 8.68. The SMILES string of the molecule is CN(CCc1ccccn1)Cc1ccnc(C(N)=NO)c1. The first-order valence-corrected chi connectivity index (χ1v) is 6.70. The highest BCUT2D eigenvalue weighted by Gasteiger charge is 2.05. The predicted octanol–water partition coefficient (Wildman–Crippen LogP) is 1.25. The summed E-state index contributed by atoms with van der Waals surface area (Å²) in [5, 5.41) is 11.6. The quantitative estimate of drug-likeness (QED) is 0.361. The zero-order valence-electron chi connectivity index (χ0n) is 12.0. The fourth-order valence-electron chi connectivity index (χ4n) is 2.01. The molecule has 21 heavy (non-hydrogen) atoms. The Balaban J connectivity index is 1.92. The van der Waals surface area contributed by atoms with Crippen molar-refractivity contribution in [2.24, 2.45) is 10.9 Å². The van der Waals surface area contributed by atoms with Crippen LogP contribution in [0.5, 0.6) is 0 Å². The number of likely N-dealkylation sites (N-methyl/N-ethyl adjacent to an activating group) is 1. The molecule has 2 aromatic heterocycles. The monoisotopic (exact) mass is 285 g/mol. The molecule has 0 unspecified atom stereocenters. The molecule has 0 saturated carbocycles. The Hall–Kier alpha value is -2.47. The lowest BCUT2D eigenvalue weighted by atomic mass is 10.2. The average molecular weight is 285 g/mol.